The van der Waals surface area contributed by atoms with E-state index in [0.717, 1.165) is 12.8 Å². The van der Waals surface area contributed by atoms with E-state index in [0.29, 0.717) is 19.0 Å². The highest BCUT2D eigenvalue weighted by Crippen LogP contribution is 2.31. The lowest BCUT2D eigenvalue weighted by Crippen LogP contribution is -2.32. The average molecular weight is 278 g/mol. The first-order valence-electron chi connectivity index (χ1n) is 5.70. The molecule has 0 amide bonds. The van der Waals surface area contributed by atoms with Crippen molar-refractivity contribution < 1.29 is 8.42 Å². The van der Waals surface area contributed by atoms with Crippen LogP contribution in [0.3, 0.4) is 0 Å². The Hall–Kier alpha value is -0.590. The van der Waals surface area contributed by atoms with Gasteiger partial charge in [-0.05, 0) is 12.8 Å². The second-order valence-corrected chi connectivity index (χ2v) is 6.34. The van der Waals surface area contributed by atoms with Crippen LogP contribution in [0.25, 0.3) is 0 Å². The maximum absolute atomic E-state index is 12.3. The summed E-state index contributed by atoms with van der Waals surface area (Å²) in [7, 11) is -3.38. The highest BCUT2D eigenvalue weighted by Gasteiger charge is 2.37. The van der Waals surface area contributed by atoms with E-state index < -0.39 is 10.0 Å². The van der Waals surface area contributed by atoms with Crippen molar-refractivity contribution in [3.8, 4) is 0 Å². The van der Waals surface area contributed by atoms with Gasteiger partial charge in [0.2, 0.25) is 10.0 Å². The van der Waals surface area contributed by atoms with Crippen molar-refractivity contribution in [3.05, 3.63) is 12.4 Å². The molecule has 0 aromatic carbocycles. The summed E-state index contributed by atoms with van der Waals surface area (Å²) in [5.74, 6) is 0.418. The van der Waals surface area contributed by atoms with E-state index in [1.54, 1.807) is 15.2 Å². The predicted molar refractivity (Wildman–Crippen MR) is 65.5 cm³/mol. The number of hydrogen-bond acceptors (Lipinski definition) is 3. The minimum absolute atomic E-state index is 0.182. The molecule has 1 aromatic rings. The van der Waals surface area contributed by atoms with E-state index in [1.165, 1.54) is 6.20 Å². The van der Waals surface area contributed by atoms with Crippen molar-refractivity contribution in [3.63, 3.8) is 0 Å². The van der Waals surface area contributed by atoms with Gasteiger partial charge in [-0.2, -0.15) is 9.40 Å². The zero-order valence-corrected chi connectivity index (χ0v) is 11.3. The van der Waals surface area contributed by atoms with Gasteiger partial charge in [-0.3, -0.25) is 4.68 Å². The lowest BCUT2D eigenvalue weighted by atomic mass is 10.6. The molecular weight excluding hydrogens is 262 g/mol. The molecule has 0 spiro atoms. The molecule has 1 saturated carbocycles. The van der Waals surface area contributed by atoms with Gasteiger partial charge in [-0.1, -0.05) is 6.92 Å². The maximum Gasteiger partial charge on any atom is 0.246 e. The van der Waals surface area contributed by atoms with Crippen molar-refractivity contribution in [1.82, 2.24) is 14.1 Å². The molecule has 5 nitrogen and oxygen atoms in total. The number of alkyl halides is 1. The van der Waals surface area contributed by atoms with Crippen molar-refractivity contribution in [2.45, 2.75) is 37.2 Å². The van der Waals surface area contributed by atoms with Gasteiger partial charge in [0.05, 0.1) is 12.7 Å². The zero-order valence-electron chi connectivity index (χ0n) is 9.71. The van der Waals surface area contributed by atoms with E-state index in [9.17, 15) is 8.42 Å². The molecule has 1 aliphatic carbocycles. The van der Waals surface area contributed by atoms with Gasteiger partial charge < -0.3 is 0 Å². The Bertz CT molecular complexity index is 481. The molecule has 96 valence electrons. The monoisotopic (exact) mass is 277 g/mol. The maximum atomic E-state index is 12.3. The van der Waals surface area contributed by atoms with Crippen LogP contribution in [-0.4, -0.2) is 41.0 Å². The summed E-state index contributed by atoms with van der Waals surface area (Å²) in [5, 5.41) is 4.00. The Morgan fingerprint density at radius 2 is 2.29 bits per heavy atom. The first kappa shape index (κ1) is 12.9. The molecule has 1 aromatic heterocycles. The SMILES string of the molecule is CCN(C1CC1)S(=O)(=O)c1cnn(CCCl)c1. The lowest BCUT2D eigenvalue weighted by Gasteiger charge is -2.18. The van der Waals surface area contributed by atoms with Crippen molar-refractivity contribution in [2.24, 2.45) is 0 Å². The summed E-state index contributed by atoms with van der Waals surface area (Å²) in [6, 6.07) is 0.182. The van der Waals surface area contributed by atoms with Crippen molar-refractivity contribution in [1.29, 1.82) is 0 Å². The van der Waals surface area contributed by atoms with Crippen LogP contribution in [0, 0.1) is 0 Å². The molecule has 17 heavy (non-hydrogen) atoms. The highest BCUT2D eigenvalue weighted by molar-refractivity contribution is 7.89. The summed E-state index contributed by atoms with van der Waals surface area (Å²) in [6.07, 6.45) is 4.86. The topological polar surface area (TPSA) is 55.2 Å². The van der Waals surface area contributed by atoms with Crippen LogP contribution >= 0.6 is 11.6 Å². The summed E-state index contributed by atoms with van der Waals surface area (Å²) in [4.78, 5) is 0.261. The molecule has 7 heteroatoms. The number of nitrogens with zero attached hydrogens (tertiary/aromatic N) is 3. The third-order valence-corrected chi connectivity index (χ3v) is 4.94. The van der Waals surface area contributed by atoms with Crippen LogP contribution in [0.15, 0.2) is 17.3 Å². The van der Waals surface area contributed by atoms with E-state index in [2.05, 4.69) is 5.10 Å². The first-order chi connectivity index (χ1) is 8.09. The number of aromatic nitrogens is 2. The number of aryl methyl sites for hydroxylation is 1. The van der Waals surface area contributed by atoms with Gasteiger partial charge in [-0.25, -0.2) is 8.42 Å². The number of rotatable bonds is 6. The summed E-state index contributed by atoms with van der Waals surface area (Å²) >= 11 is 5.59. The Kier molecular flexibility index (Phi) is 3.75. The van der Waals surface area contributed by atoms with Crippen LogP contribution in [0.2, 0.25) is 0 Å². The second-order valence-electron chi connectivity index (χ2n) is 4.07. The van der Waals surface area contributed by atoms with Crippen LogP contribution in [0.1, 0.15) is 19.8 Å². The van der Waals surface area contributed by atoms with Crippen LogP contribution in [0.4, 0.5) is 0 Å². The van der Waals surface area contributed by atoms with Gasteiger partial charge in [0.15, 0.2) is 0 Å². The molecule has 0 saturated heterocycles. The number of halogens is 1. The second kappa shape index (κ2) is 4.96. The van der Waals surface area contributed by atoms with E-state index in [4.69, 9.17) is 11.6 Å². The lowest BCUT2D eigenvalue weighted by molar-refractivity contribution is 0.421. The van der Waals surface area contributed by atoms with Crippen LogP contribution in [0.5, 0.6) is 0 Å². The first-order valence-corrected chi connectivity index (χ1v) is 7.67. The Balaban J connectivity index is 2.23. The fourth-order valence-electron chi connectivity index (χ4n) is 1.81. The Morgan fingerprint density at radius 3 is 2.82 bits per heavy atom. The molecule has 0 unspecified atom stereocenters. The molecule has 0 N–H and O–H groups in total. The minimum atomic E-state index is -3.38. The van der Waals surface area contributed by atoms with Crippen LogP contribution in [-0.2, 0) is 16.6 Å². The van der Waals surface area contributed by atoms with E-state index >= 15 is 0 Å². The summed E-state index contributed by atoms with van der Waals surface area (Å²) in [6.45, 7) is 2.89. The number of hydrogen-bond donors (Lipinski definition) is 0. The highest BCUT2D eigenvalue weighted by atomic mass is 35.5. The van der Waals surface area contributed by atoms with Gasteiger partial charge in [0.1, 0.15) is 4.90 Å². The van der Waals surface area contributed by atoms with Crippen molar-refractivity contribution in [2.75, 3.05) is 12.4 Å². The fourth-order valence-corrected chi connectivity index (χ4v) is 3.63. The van der Waals surface area contributed by atoms with Crippen LogP contribution < -0.4 is 0 Å². The molecule has 2 rings (SSSR count). The van der Waals surface area contributed by atoms with E-state index in [-0.39, 0.29) is 10.9 Å². The third kappa shape index (κ3) is 2.64. The molecule has 1 aliphatic rings. The molecular formula is C10H16ClN3O2S. The van der Waals surface area contributed by atoms with Gasteiger partial charge in [0.25, 0.3) is 0 Å². The van der Waals surface area contributed by atoms with Gasteiger partial charge in [0, 0.05) is 24.7 Å². The average Bonchev–Trinajstić information content (AvgIpc) is 2.97. The fraction of sp³-hybridized carbons (Fsp3) is 0.700. The van der Waals surface area contributed by atoms with E-state index in [1.807, 2.05) is 6.92 Å². The van der Waals surface area contributed by atoms with Gasteiger partial charge >= 0.3 is 0 Å². The predicted octanol–water partition coefficient (Wildman–Crippen LogP) is 1.29. The molecule has 0 radical (unpaired) electrons. The minimum Gasteiger partial charge on any atom is -0.270 e. The number of sulfonamides is 1. The summed E-state index contributed by atoms with van der Waals surface area (Å²) < 4.78 is 27.7. The molecule has 0 bridgehead atoms. The largest absolute Gasteiger partial charge is 0.270 e. The molecule has 1 heterocycles. The molecule has 0 atom stereocenters. The van der Waals surface area contributed by atoms with Crippen molar-refractivity contribution >= 4 is 21.6 Å². The quantitative estimate of drug-likeness (QED) is 0.737. The zero-order chi connectivity index (χ0) is 12.5. The molecule has 1 fully saturated rings. The molecule has 0 aliphatic heterocycles. The van der Waals surface area contributed by atoms with Gasteiger partial charge in [-0.15, -0.1) is 11.6 Å². The Labute approximate surface area is 106 Å². The smallest absolute Gasteiger partial charge is 0.246 e. The standard InChI is InChI=1S/C10H16ClN3O2S/c1-2-14(9-3-4-9)17(15,16)10-7-12-13(8-10)6-5-11/h7-9H,2-6H2,1H3. The third-order valence-electron chi connectivity index (χ3n) is 2.80. The Morgan fingerprint density at radius 1 is 1.59 bits per heavy atom. The summed E-state index contributed by atoms with van der Waals surface area (Å²) in [5.41, 5.74) is 0. The normalized spacial score (nSPS) is 16.6.